The average molecular weight is 583 g/mol. The van der Waals surface area contributed by atoms with Crippen molar-refractivity contribution in [2.45, 2.75) is 45.1 Å². The Hall–Kier alpha value is -4.63. The van der Waals surface area contributed by atoms with E-state index in [2.05, 4.69) is 32.3 Å². The Balaban J connectivity index is 0.00000207. The van der Waals surface area contributed by atoms with Gasteiger partial charge in [-0.1, -0.05) is 54.1 Å². The van der Waals surface area contributed by atoms with Crippen molar-refractivity contribution < 1.29 is 14.0 Å². The number of carbonyl (C=O) groups excluding carboxylic acids is 2. The van der Waals surface area contributed by atoms with Crippen LogP contribution >= 0.6 is 0 Å². The summed E-state index contributed by atoms with van der Waals surface area (Å²) in [6, 6.07) is 21.1. The van der Waals surface area contributed by atoms with E-state index < -0.39 is 5.41 Å². The third-order valence-corrected chi connectivity index (χ3v) is 7.50. The van der Waals surface area contributed by atoms with E-state index in [1.807, 2.05) is 76.3 Å². The van der Waals surface area contributed by atoms with Crippen LogP contribution < -0.4 is 21.3 Å². The van der Waals surface area contributed by atoms with Gasteiger partial charge in [-0.25, -0.2) is 9.37 Å². The summed E-state index contributed by atoms with van der Waals surface area (Å²) in [5.41, 5.74) is 5.62. The van der Waals surface area contributed by atoms with Crippen LogP contribution in [-0.4, -0.2) is 42.8 Å². The highest BCUT2D eigenvalue weighted by Crippen LogP contribution is 2.49. The molecule has 3 aromatic carbocycles. The molecule has 0 unspecified atom stereocenters. The van der Waals surface area contributed by atoms with Gasteiger partial charge in [-0.05, 0) is 81.6 Å². The van der Waals surface area contributed by atoms with Crippen LogP contribution in [0.15, 0.2) is 72.9 Å². The summed E-state index contributed by atoms with van der Waals surface area (Å²) >= 11 is 0. The summed E-state index contributed by atoms with van der Waals surface area (Å²) in [5.74, 6) is 0.839. The van der Waals surface area contributed by atoms with Gasteiger partial charge in [0.1, 0.15) is 18.4 Å². The van der Waals surface area contributed by atoms with Crippen molar-refractivity contribution in [3.8, 4) is 11.1 Å². The number of nitrogens with one attached hydrogen (secondary N) is 4. The van der Waals surface area contributed by atoms with Gasteiger partial charge in [0.2, 0.25) is 11.9 Å². The molecule has 5 rings (SSSR count). The largest absolute Gasteiger partial charge is 0.369 e. The number of aromatic nitrogens is 2. The molecule has 4 aromatic rings. The van der Waals surface area contributed by atoms with Crippen molar-refractivity contribution in [3.05, 3.63) is 101 Å². The van der Waals surface area contributed by atoms with Gasteiger partial charge in [-0.3, -0.25) is 4.79 Å². The van der Waals surface area contributed by atoms with Crippen LogP contribution in [0.5, 0.6) is 0 Å². The first-order chi connectivity index (χ1) is 20.9. The van der Waals surface area contributed by atoms with Crippen molar-refractivity contribution >= 4 is 30.1 Å². The van der Waals surface area contributed by atoms with E-state index in [0.29, 0.717) is 30.9 Å². The molecule has 0 radical (unpaired) electrons. The highest BCUT2D eigenvalue weighted by atomic mass is 19.1. The Morgan fingerprint density at radius 3 is 2.42 bits per heavy atom. The van der Waals surface area contributed by atoms with Crippen molar-refractivity contribution in [1.29, 1.82) is 0 Å². The molecule has 43 heavy (non-hydrogen) atoms. The second kappa shape index (κ2) is 14.5. The molecule has 0 atom stereocenters. The van der Waals surface area contributed by atoms with Crippen LogP contribution in [0, 0.1) is 19.7 Å². The quantitative estimate of drug-likeness (QED) is 0.156. The molecule has 1 aliphatic carbocycles. The van der Waals surface area contributed by atoms with E-state index in [-0.39, 0.29) is 11.7 Å². The van der Waals surface area contributed by atoms with Gasteiger partial charge in [0.15, 0.2) is 0 Å². The number of hydrogen-bond acceptors (Lipinski definition) is 7. The average Bonchev–Trinajstić information content (AvgIpc) is 3.83. The summed E-state index contributed by atoms with van der Waals surface area (Å²) in [6.07, 6.45) is 4.11. The van der Waals surface area contributed by atoms with Crippen LogP contribution in [0.4, 0.5) is 21.8 Å². The fourth-order valence-corrected chi connectivity index (χ4v) is 5.02. The summed E-state index contributed by atoms with van der Waals surface area (Å²) in [6.45, 7) is 8.01. The highest BCUT2D eigenvalue weighted by Gasteiger charge is 2.52. The second-order valence-corrected chi connectivity index (χ2v) is 10.8. The van der Waals surface area contributed by atoms with Crippen molar-refractivity contribution in [2.75, 3.05) is 30.8 Å². The summed E-state index contributed by atoms with van der Waals surface area (Å²) in [7, 11) is 1.94. The maximum Gasteiger partial charge on any atom is 0.231 e. The fraction of sp³-hybridized carbons (Fsp3) is 0.294. The maximum atomic E-state index is 14.5. The highest BCUT2D eigenvalue weighted by molar-refractivity contribution is 5.91. The van der Waals surface area contributed by atoms with E-state index in [1.165, 1.54) is 6.07 Å². The molecular formula is C34H39FN6O2. The lowest BCUT2D eigenvalue weighted by atomic mass is 9.93. The zero-order valence-electron chi connectivity index (χ0n) is 25.0. The lowest BCUT2D eigenvalue weighted by Gasteiger charge is -2.17. The van der Waals surface area contributed by atoms with Gasteiger partial charge in [-0.2, -0.15) is 4.98 Å². The Morgan fingerprint density at radius 1 is 0.977 bits per heavy atom. The standard InChI is InChI=1S/C33H37FN6O.CH2O/c1-22-6-4-7-26(18-22)39-32-38-21-27(30(40-32)36-17-5-16-35-3)25-11-9-24(10-12-25)20-37-31(41)33(14-15-33)28-19-23(2)8-13-29(28)34;1-2/h4,6-13,18-19,21,35H,5,14-17,20H2,1-3H3,(H,37,41)(H2,36,38,39,40);1H2. The zero-order valence-corrected chi connectivity index (χ0v) is 25.0. The molecule has 8 nitrogen and oxygen atoms in total. The van der Waals surface area contributed by atoms with E-state index in [0.717, 1.165) is 58.8 Å². The van der Waals surface area contributed by atoms with E-state index in [1.54, 1.807) is 12.1 Å². The van der Waals surface area contributed by atoms with E-state index >= 15 is 0 Å². The number of rotatable bonds is 12. The molecule has 1 heterocycles. The van der Waals surface area contributed by atoms with E-state index in [9.17, 15) is 9.18 Å². The normalized spacial score (nSPS) is 12.9. The minimum Gasteiger partial charge on any atom is -0.369 e. The smallest absolute Gasteiger partial charge is 0.231 e. The lowest BCUT2D eigenvalue weighted by molar-refractivity contribution is -0.123. The molecule has 1 aromatic heterocycles. The predicted octanol–water partition coefficient (Wildman–Crippen LogP) is 5.83. The lowest BCUT2D eigenvalue weighted by Crippen LogP contribution is -2.35. The third kappa shape index (κ3) is 7.81. The molecule has 1 fully saturated rings. The van der Waals surface area contributed by atoms with Gasteiger partial charge in [0.05, 0.1) is 5.41 Å². The Kier molecular flexibility index (Phi) is 10.6. The van der Waals surface area contributed by atoms with Gasteiger partial charge < -0.3 is 26.1 Å². The summed E-state index contributed by atoms with van der Waals surface area (Å²) in [4.78, 5) is 30.5. The first kappa shape index (κ1) is 31.3. The number of benzene rings is 3. The van der Waals surface area contributed by atoms with Crippen molar-refractivity contribution in [3.63, 3.8) is 0 Å². The van der Waals surface area contributed by atoms with Gasteiger partial charge >= 0.3 is 0 Å². The van der Waals surface area contributed by atoms with E-state index in [4.69, 9.17) is 9.78 Å². The molecule has 224 valence electrons. The summed E-state index contributed by atoms with van der Waals surface area (Å²) < 4.78 is 14.5. The van der Waals surface area contributed by atoms with Gasteiger partial charge in [0.25, 0.3) is 0 Å². The molecule has 1 saturated carbocycles. The molecule has 1 amide bonds. The van der Waals surface area contributed by atoms with Crippen LogP contribution in [0.1, 0.15) is 41.5 Å². The number of amides is 1. The molecule has 4 N–H and O–H groups in total. The fourth-order valence-electron chi connectivity index (χ4n) is 5.02. The van der Waals surface area contributed by atoms with Crippen LogP contribution in [0.2, 0.25) is 0 Å². The third-order valence-electron chi connectivity index (χ3n) is 7.50. The number of anilines is 3. The summed E-state index contributed by atoms with van der Waals surface area (Å²) in [5, 5.41) is 13.0. The van der Waals surface area contributed by atoms with Crippen LogP contribution in [0.3, 0.4) is 0 Å². The van der Waals surface area contributed by atoms with Crippen LogP contribution in [0.25, 0.3) is 11.1 Å². The number of nitrogens with zero attached hydrogens (tertiary/aromatic N) is 2. The number of hydrogen-bond donors (Lipinski definition) is 4. The van der Waals surface area contributed by atoms with Gasteiger partial charge in [-0.15, -0.1) is 0 Å². The van der Waals surface area contributed by atoms with Crippen molar-refractivity contribution in [1.82, 2.24) is 20.6 Å². The van der Waals surface area contributed by atoms with Crippen molar-refractivity contribution in [2.24, 2.45) is 0 Å². The topological polar surface area (TPSA) is 108 Å². The molecule has 9 heteroatoms. The molecule has 0 spiro atoms. The minimum absolute atomic E-state index is 0.121. The molecule has 1 aliphatic rings. The molecule has 0 aliphatic heterocycles. The number of carbonyl (C=O) groups is 2. The molecular weight excluding hydrogens is 543 g/mol. The second-order valence-electron chi connectivity index (χ2n) is 10.8. The zero-order chi connectivity index (χ0) is 30.8. The Labute approximate surface area is 252 Å². The first-order valence-electron chi connectivity index (χ1n) is 14.4. The first-order valence-corrected chi connectivity index (χ1v) is 14.4. The SMILES string of the molecule is C=O.CNCCCNc1nc(Nc2cccc(C)c2)ncc1-c1ccc(CNC(=O)C2(c3cc(C)ccc3F)CC2)cc1. The number of halogens is 1. The molecule has 0 bridgehead atoms. The Morgan fingerprint density at radius 2 is 1.72 bits per heavy atom. The Bertz CT molecular complexity index is 1540. The minimum atomic E-state index is -0.754. The molecule has 0 saturated heterocycles. The van der Waals surface area contributed by atoms with Gasteiger partial charge in [0, 0.05) is 36.1 Å². The monoisotopic (exact) mass is 582 g/mol. The predicted molar refractivity (Wildman–Crippen MR) is 170 cm³/mol. The van der Waals surface area contributed by atoms with Crippen LogP contribution in [-0.2, 0) is 21.5 Å². The number of aryl methyl sites for hydroxylation is 2. The maximum absolute atomic E-state index is 14.5.